The van der Waals surface area contributed by atoms with Crippen LogP contribution < -0.4 is 4.74 Å². The number of rotatable bonds is 17. The number of fused-ring (bicyclic) bond motifs is 1. The fraction of sp³-hybridized carbons (Fsp3) is 0.500. The first-order chi connectivity index (χ1) is 18.0. The van der Waals surface area contributed by atoms with Crippen LogP contribution in [0.4, 0.5) is 5.69 Å². The number of aryl methyl sites for hydroxylation is 1. The summed E-state index contributed by atoms with van der Waals surface area (Å²) in [6, 6.07) is 12.2. The maximum Gasteiger partial charge on any atom is 0.270 e. The van der Waals surface area contributed by atoms with Gasteiger partial charge in [0.15, 0.2) is 0 Å². The second-order valence-corrected chi connectivity index (χ2v) is 10.6. The van der Waals surface area contributed by atoms with Crippen LogP contribution >= 0.6 is 11.3 Å². The molecule has 0 saturated heterocycles. The lowest BCUT2D eigenvalue weighted by atomic mass is 10.00. The van der Waals surface area contributed by atoms with Crippen molar-refractivity contribution in [2.45, 2.75) is 72.1 Å². The third-order valence-corrected chi connectivity index (χ3v) is 7.84. The second kappa shape index (κ2) is 14.8. The first-order valence-electron chi connectivity index (χ1n) is 13.7. The first kappa shape index (κ1) is 28.8. The van der Waals surface area contributed by atoms with Gasteiger partial charge in [0.25, 0.3) is 5.69 Å². The number of nitro benzene ring substituents is 1. The summed E-state index contributed by atoms with van der Waals surface area (Å²) >= 11 is 1.42. The number of hydrogen-bond acceptors (Lipinski definition) is 6. The van der Waals surface area contributed by atoms with Crippen LogP contribution in [0.2, 0.25) is 0 Å². The largest absolute Gasteiger partial charge is 0.494 e. The first-order valence-corrected chi connectivity index (χ1v) is 14.5. The Labute approximate surface area is 224 Å². The summed E-state index contributed by atoms with van der Waals surface area (Å²) in [6.07, 6.45) is 8.51. The average molecular weight is 525 g/mol. The highest BCUT2D eigenvalue weighted by molar-refractivity contribution is 7.21. The number of ketones is 1. The van der Waals surface area contributed by atoms with Gasteiger partial charge < -0.3 is 9.64 Å². The van der Waals surface area contributed by atoms with Gasteiger partial charge in [0, 0.05) is 34.3 Å². The fourth-order valence-electron chi connectivity index (χ4n) is 4.45. The van der Waals surface area contributed by atoms with Gasteiger partial charge in [-0.25, -0.2) is 0 Å². The molecule has 3 rings (SSSR count). The molecule has 7 heteroatoms. The standard InChI is InChI=1S/C30H40N2O4S/c1-4-7-11-26-27-22-24(32(34)35)14-17-28(27)37-30(26)29(33)23-12-15-25(16-13-23)36-21-10-20-31(18-8-5-2)19-9-6-3/h12-17,22H,4-11,18-21H2,1-3H3. The Balaban J connectivity index is 1.66. The molecule has 0 amide bonds. The van der Waals surface area contributed by atoms with Crippen LogP contribution in [0.3, 0.4) is 0 Å². The molecule has 0 unspecified atom stereocenters. The number of benzene rings is 2. The maximum absolute atomic E-state index is 13.5. The lowest BCUT2D eigenvalue weighted by Crippen LogP contribution is -2.28. The Morgan fingerprint density at radius 3 is 2.19 bits per heavy atom. The summed E-state index contributed by atoms with van der Waals surface area (Å²) in [5.41, 5.74) is 1.59. The van der Waals surface area contributed by atoms with Crippen LogP contribution in [0.5, 0.6) is 5.75 Å². The molecule has 1 aromatic heterocycles. The zero-order chi connectivity index (χ0) is 26.6. The minimum Gasteiger partial charge on any atom is -0.494 e. The Hall–Kier alpha value is -2.77. The predicted octanol–water partition coefficient (Wildman–Crippen LogP) is 8.05. The quantitative estimate of drug-likeness (QED) is 0.0773. The normalized spacial score (nSPS) is 11.4. The molecule has 2 aromatic carbocycles. The number of thiophene rings is 1. The molecule has 37 heavy (non-hydrogen) atoms. The highest BCUT2D eigenvalue weighted by atomic mass is 32.1. The zero-order valence-corrected chi connectivity index (χ0v) is 23.3. The third-order valence-electron chi connectivity index (χ3n) is 6.63. The van der Waals surface area contributed by atoms with Crippen molar-refractivity contribution < 1.29 is 14.5 Å². The van der Waals surface area contributed by atoms with Crippen molar-refractivity contribution in [1.82, 2.24) is 4.90 Å². The van der Waals surface area contributed by atoms with Gasteiger partial charge in [-0.3, -0.25) is 14.9 Å². The molecule has 0 radical (unpaired) electrons. The van der Waals surface area contributed by atoms with Crippen LogP contribution in [-0.2, 0) is 6.42 Å². The van der Waals surface area contributed by atoms with Gasteiger partial charge in [-0.05, 0) is 81.1 Å². The monoisotopic (exact) mass is 524 g/mol. The van der Waals surface area contributed by atoms with E-state index in [0.29, 0.717) is 17.0 Å². The van der Waals surface area contributed by atoms with Gasteiger partial charge in [-0.15, -0.1) is 11.3 Å². The Kier molecular flexibility index (Phi) is 11.5. The summed E-state index contributed by atoms with van der Waals surface area (Å²) in [4.78, 5) is 27.6. The molecule has 1 heterocycles. The van der Waals surface area contributed by atoms with Crippen molar-refractivity contribution in [2.24, 2.45) is 0 Å². The van der Waals surface area contributed by atoms with E-state index in [1.165, 1.54) is 43.1 Å². The van der Waals surface area contributed by atoms with Gasteiger partial charge in [-0.2, -0.15) is 0 Å². The molecule has 0 spiro atoms. The molecule has 0 saturated carbocycles. The van der Waals surface area contributed by atoms with E-state index in [4.69, 9.17) is 4.74 Å². The van der Waals surface area contributed by atoms with Crippen LogP contribution in [-0.4, -0.2) is 41.8 Å². The van der Waals surface area contributed by atoms with Gasteiger partial charge in [0.05, 0.1) is 16.4 Å². The van der Waals surface area contributed by atoms with E-state index < -0.39 is 0 Å². The molecule has 0 N–H and O–H groups in total. The molecule has 0 aliphatic rings. The van der Waals surface area contributed by atoms with Crippen LogP contribution in [0, 0.1) is 10.1 Å². The SMILES string of the molecule is CCCCc1c(C(=O)c2ccc(OCCCN(CCCC)CCCC)cc2)sc2ccc([N+](=O)[O-])cc12. The Morgan fingerprint density at radius 2 is 1.57 bits per heavy atom. The number of nitrogens with zero attached hydrogens (tertiary/aromatic N) is 2. The van der Waals surface area contributed by atoms with E-state index in [9.17, 15) is 14.9 Å². The van der Waals surface area contributed by atoms with Crippen molar-refractivity contribution >= 4 is 32.9 Å². The Bertz CT molecular complexity index is 1150. The topological polar surface area (TPSA) is 72.7 Å². The molecule has 0 bridgehead atoms. The number of carbonyl (C=O) groups is 1. The summed E-state index contributed by atoms with van der Waals surface area (Å²) in [6.45, 7) is 10.6. The van der Waals surface area contributed by atoms with Crippen LogP contribution in [0.25, 0.3) is 10.1 Å². The predicted molar refractivity (Wildman–Crippen MR) is 153 cm³/mol. The summed E-state index contributed by atoms with van der Waals surface area (Å²) < 4.78 is 6.88. The molecular weight excluding hydrogens is 484 g/mol. The molecule has 0 fully saturated rings. The van der Waals surface area contributed by atoms with E-state index in [2.05, 4.69) is 25.7 Å². The fourth-order valence-corrected chi connectivity index (χ4v) is 5.64. The van der Waals surface area contributed by atoms with Crippen molar-refractivity contribution in [3.8, 4) is 5.75 Å². The maximum atomic E-state index is 13.5. The minimum absolute atomic E-state index is 0.0380. The smallest absolute Gasteiger partial charge is 0.270 e. The highest BCUT2D eigenvalue weighted by Gasteiger charge is 2.21. The van der Waals surface area contributed by atoms with E-state index in [-0.39, 0.29) is 16.4 Å². The van der Waals surface area contributed by atoms with Crippen molar-refractivity contribution in [2.75, 3.05) is 26.2 Å². The van der Waals surface area contributed by atoms with Gasteiger partial charge in [0.2, 0.25) is 5.78 Å². The lowest BCUT2D eigenvalue weighted by Gasteiger charge is -2.21. The van der Waals surface area contributed by atoms with Crippen molar-refractivity contribution in [3.05, 3.63) is 68.6 Å². The molecular formula is C30H40N2O4S. The van der Waals surface area contributed by atoms with Gasteiger partial charge in [0.1, 0.15) is 5.75 Å². The number of unbranched alkanes of at least 4 members (excludes halogenated alkanes) is 3. The second-order valence-electron chi connectivity index (χ2n) is 9.56. The van der Waals surface area contributed by atoms with Crippen molar-refractivity contribution in [1.29, 1.82) is 0 Å². The number of non-ortho nitro benzene ring substituents is 1. The summed E-state index contributed by atoms with van der Waals surface area (Å²) in [5, 5.41) is 12.1. The van der Waals surface area contributed by atoms with Gasteiger partial charge >= 0.3 is 0 Å². The molecule has 6 nitrogen and oxygen atoms in total. The van der Waals surface area contributed by atoms with Gasteiger partial charge in [-0.1, -0.05) is 40.0 Å². The van der Waals surface area contributed by atoms with E-state index >= 15 is 0 Å². The van der Waals surface area contributed by atoms with E-state index in [0.717, 1.165) is 66.7 Å². The van der Waals surface area contributed by atoms with E-state index in [1.807, 2.05) is 24.3 Å². The highest BCUT2D eigenvalue weighted by Crippen LogP contribution is 2.36. The summed E-state index contributed by atoms with van der Waals surface area (Å²) in [7, 11) is 0. The Morgan fingerprint density at radius 1 is 0.919 bits per heavy atom. The number of nitro groups is 1. The van der Waals surface area contributed by atoms with Crippen molar-refractivity contribution in [3.63, 3.8) is 0 Å². The minimum atomic E-state index is -0.380. The molecule has 0 aliphatic heterocycles. The zero-order valence-electron chi connectivity index (χ0n) is 22.5. The number of carbonyl (C=O) groups excluding carboxylic acids is 1. The summed E-state index contributed by atoms with van der Waals surface area (Å²) in [5.74, 6) is 0.729. The van der Waals surface area contributed by atoms with Crippen LogP contribution in [0.1, 0.15) is 86.5 Å². The number of ether oxygens (including phenoxy) is 1. The van der Waals surface area contributed by atoms with Crippen LogP contribution in [0.15, 0.2) is 42.5 Å². The molecule has 0 atom stereocenters. The number of hydrogen-bond donors (Lipinski definition) is 0. The molecule has 0 aliphatic carbocycles. The molecule has 3 aromatic rings. The van der Waals surface area contributed by atoms with E-state index in [1.54, 1.807) is 12.1 Å². The molecule has 200 valence electrons. The lowest BCUT2D eigenvalue weighted by molar-refractivity contribution is -0.384. The average Bonchev–Trinajstić information content (AvgIpc) is 3.28. The third kappa shape index (κ3) is 8.11.